The summed E-state index contributed by atoms with van der Waals surface area (Å²) in [4.78, 5) is 34.5. The molecule has 0 saturated carbocycles. The van der Waals surface area contributed by atoms with Crippen LogP contribution in [0.2, 0.25) is 0 Å². The first-order chi connectivity index (χ1) is 12.4. The summed E-state index contributed by atoms with van der Waals surface area (Å²) >= 11 is 0. The zero-order valence-corrected chi connectivity index (χ0v) is 14.2. The van der Waals surface area contributed by atoms with E-state index in [4.69, 9.17) is 4.74 Å². The largest absolute Gasteiger partial charge is 0.482 e. The quantitative estimate of drug-likeness (QED) is 0.773. The molecular weight excluding hydrogens is 343 g/mol. The molecule has 0 atom stereocenters. The summed E-state index contributed by atoms with van der Waals surface area (Å²) in [5, 5.41) is 4.94. The molecule has 2 aromatic rings. The fourth-order valence-electron chi connectivity index (χ4n) is 2.02. The lowest BCUT2D eigenvalue weighted by Gasteiger charge is -2.10. The summed E-state index contributed by atoms with van der Waals surface area (Å²) in [5.41, 5.74) is 0.475. The highest BCUT2D eigenvalue weighted by Gasteiger charge is 2.12. The summed E-state index contributed by atoms with van der Waals surface area (Å²) in [6, 6.07) is 9.88. The normalized spacial score (nSPS) is 9.96. The molecule has 0 radical (unpaired) electrons. The second kappa shape index (κ2) is 8.61. The van der Waals surface area contributed by atoms with Crippen LogP contribution in [-0.2, 0) is 14.3 Å². The average molecular weight is 360 g/mol. The molecule has 7 nitrogen and oxygen atoms in total. The molecule has 2 aromatic carbocycles. The lowest BCUT2D eigenvalue weighted by atomic mass is 10.2. The van der Waals surface area contributed by atoms with Crippen LogP contribution in [0.5, 0.6) is 5.75 Å². The maximum absolute atomic E-state index is 13.9. The Morgan fingerprint density at radius 3 is 2.54 bits per heavy atom. The maximum atomic E-state index is 13.9. The van der Waals surface area contributed by atoms with Crippen LogP contribution in [0.3, 0.4) is 0 Å². The van der Waals surface area contributed by atoms with Gasteiger partial charge in [-0.05, 0) is 36.4 Å². The van der Waals surface area contributed by atoms with Crippen molar-refractivity contribution in [1.29, 1.82) is 0 Å². The summed E-state index contributed by atoms with van der Waals surface area (Å²) in [6.07, 6.45) is 0. The Bertz CT molecular complexity index is 838. The Morgan fingerprint density at radius 2 is 1.85 bits per heavy atom. The first-order valence-corrected chi connectivity index (χ1v) is 7.57. The fourth-order valence-corrected chi connectivity index (χ4v) is 2.02. The molecule has 0 aliphatic carbocycles. The third kappa shape index (κ3) is 5.30. The lowest BCUT2D eigenvalue weighted by molar-refractivity contribution is -0.142. The number of hydrogen-bond donors (Lipinski definition) is 2. The summed E-state index contributed by atoms with van der Waals surface area (Å²) in [7, 11) is 1.24. The van der Waals surface area contributed by atoms with Gasteiger partial charge in [-0.2, -0.15) is 0 Å². The van der Waals surface area contributed by atoms with Gasteiger partial charge in [0.05, 0.1) is 12.8 Å². The number of hydrogen-bond acceptors (Lipinski definition) is 5. The highest BCUT2D eigenvalue weighted by molar-refractivity contribution is 6.05. The number of benzene rings is 2. The molecule has 0 unspecified atom stereocenters. The first-order valence-electron chi connectivity index (χ1n) is 7.57. The predicted molar refractivity (Wildman–Crippen MR) is 92.6 cm³/mol. The van der Waals surface area contributed by atoms with Gasteiger partial charge >= 0.3 is 5.97 Å². The summed E-state index contributed by atoms with van der Waals surface area (Å²) < 4.78 is 23.6. The van der Waals surface area contributed by atoms with Gasteiger partial charge in [-0.25, -0.2) is 9.18 Å². The van der Waals surface area contributed by atoms with Crippen molar-refractivity contribution in [1.82, 2.24) is 0 Å². The van der Waals surface area contributed by atoms with Crippen LogP contribution in [0.4, 0.5) is 15.8 Å². The van der Waals surface area contributed by atoms with Crippen molar-refractivity contribution in [2.45, 2.75) is 6.92 Å². The Balaban J connectivity index is 2.12. The van der Waals surface area contributed by atoms with Crippen molar-refractivity contribution >= 4 is 29.2 Å². The zero-order valence-electron chi connectivity index (χ0n) is 14.2. The zero-order chi connectivity index (χ0) is 19.1. The van der Waals surface area contributed by atoms with E-state index in [0.29, 0.717) is 5.69 Å². The van der Waals surface area contributed by atoms with E-state index in [0.717, 1.165) is 6.07 Å². The predicted octanol–water partition coefficient (Wildman–Crippen LogP) is 2.59. The topological polar surface area (TPSA) is 93.7 Å². The van der Waals surface area contributed by atoms with Gasteiger partial charge in [0, 0.05) is 18.2 Å². The van der Waals surface area contributed by atoms with Crippen molar-refractivity contribution in [3.05, 3.63) is 53.8 Å². The Morgan fingerprint density at radius 1 is 1.08 bits per heavy atom. The number of rotatable bonds is 6. The van der Waals surface area contributed by atoms with Crippen molar-refractivity contribution in [2.24, 2.45) is 0 Å². The van der Waals surface area contributed by atoms with E-state index in [-0.39, 0.29) is 29.5 Å². The lowest BCUT2D eigenvalue weighted by Crippen LogP contribution is -2.15. The first kappa shape index (κ1) is 18.9. The minimum atomic E-state index is -0.648. The fraction of sp³-hybridized carbons (Fsp3) is 0.167. The number of anilines is 2. The standard InChI is InChI=1S/C18H17FN2O5/c1-11(22)20-13-6-7-15(19)16(9-13)21-18(24)12-4-3-5-14(8-12)26-10-17(23)25-2/h3-9H,10H2,1-2H3,(H,20,22)(H,21,24). The van der Waals surface area contributed by atoms with E-state index in [2.05, 4.69) is 15.4 Å². The molecule has 2 N–H and O–H groups in total. The van der Waals surface area contributed by atoms with Crippen molar-refractivity contribution < 1.29 is 28.2 Å². The Hall–Kier alpha value is -3.42. The Kier molecular flexibility index (Phi) is 6.26. The molecule has 8 heteroatoms. The minimum Gasteiger partial charge on any atom is -0.482 e. The van der Waals surface area contributed by atoms with E-state index in [1.54, 1.807) is 12.1 Å². The molecule has 0 heterocycles. The van der Waals surface area contributed by atoms with E-state index >= 15 is 0 Å². The second-order valence-electron chi connectivity index (χ2n) is 5.22. The molecule has 0 spiro atoms. The number of carbonyl (C=O) groups is 3. The van der Waals surface area contributed by atoms with E-state index in [9.17, 15) is 18.8 Å². The smallest absolute Gasteiger partial charge is 0.343 e. The Labute approximate surface area is 149 Å². The van der Waals surface area contributed by atoms with E-state index in [1.807, 2.05) is 0 Å². The van der Waals surface area contributed by atoms with Crippen LogP contribution in [-0.4, -0.2) is 31.5 Å². The number of ether oxygens (including phenoxy) is 2. The van der Waals surface area contributed by atoms with Gasteiger partial charge in [0.2, 0.25) is 5.91 Å². The van der Waals surface area contributed by atoms with Crippen molar-refractivity contribution in [2.75, 3.05) is 24.4 Å². The van der Waals surface area contributed by atoms with Gasteiger partial charge in [-0.1, -0.05) is 6.07 Å². The number of carbonyl (C=O) groups excluding carboxylic acids is 3. The number of methoxy groups -OCH3 is 1. The van der Waals surface area contributed by atoms with Gasteiger partial charge in [0.15, 0.2) is 6.61 Å². The molecule has 0 fully saturated rings. The highest BCUT2D eigenvalue weighted by atomic mass is 19.1. The van der Waals surface area contributed by atoms with Crippen molar-refractivity contribution in [3.63, 3.8) is 0 Å². The number of esters is 1. The molecule has 2 rings (SSSR count). The molecule has 0 aliphatic heterocycles. The number of halogens is 1. The maximum Gasteiger partial charge on any atom is 0.343 e. The highest BCUT2D eigenvalue weighted by Crippen LogP contribution is 2.21. The van der Waals surface area contributed by atoms with Crippen LogP contribution in [0.15, 0.2) is 42.5 Å². The van der Waals surface area contributed by atoms with Crippen molar-refractivity contribution in [3.8, 4) is 5.75 Å². The van der Waals surface area contributed by atoms with Gasteiger partial charge in [-0.15, -0.1) is 0 Å². The van der Waals surface area contributed by atoms with E-state index < -0.39 is 17.7 Å². The summed E-state index contributed by atoms with van der Waals surface area (Å²) in [5.74, 6) is -1.81. The number of amides is 2. The molecule has 0 bridgehead atoms. The van der Waals surface area contributed by atoms with Gasteiger partial charge in [0.25, 0.3) is 5.91 Å². The third-order valence-corrected chi connectivity index (χ3v) is 3.22. The van der Waals surface area contributed by atoms with Crippen LogP contribution in [0.25, 0.3) is 0 Å². The summed E-state index contributed by atoms with van der Waals surface area (Å²) in [6.45, 7) is 1.02. The van der Waals surface area contributed by atoms with Crippen LogP contribution in [0.1, 0.15) is 17.3 Å². The van der Waals surface area contributed by atoms with Crippen LogP contribution < -0.4 is 15.4 Å². The van der Waals surface area contributed by atoms with Gasteiger partial charge in [-0.3, -0.25) is 9.59 Å². The molecular formula is C18H17FN2O5. The molecule has 136 valence electrons. The molecule has 26 heavy (non-hydrogen) atoms. The monoisotopic (exact) mass is 360 g/mol. The SMILES string of the molecule is COC(=O)COc1cccc(C(=O)Nc2cc(NC(C)=O)ccc2F)c1. The van der Waals surface area contributed by atoms with Crippen LogP contribution >= 0.6 is 0 Å². The van der Waals surface area contributed by atoms with Crippen LogP contribution in [0, 0.1) is 5.82 Å². The molecule has 2 amide bonds. The molecule has 0 saturated heterocycles. The van der Waals surface area contributed by atoms with E-state index in [1.165, 1.54) is 38.3 Å². The number of nitrogens with one attached hydrogen (secondary N) is 2. The average Bonchev–Trinajstić information content (AvgIpc) is 2.62. The molecule has 0 aromatic heterocycles. The molecule has 0 aliphatic rings. The van der Waals surface area contributed by atoms with Gasteiger partial charge in [0.1, 0.15) is 11.6 Å². The third-order valence-electron chi connectivity index (χ3n) is 3.22. The minimum absolute atomic E-state index is 0.0814. The van der Waals surface area contributed by atoms with Gasteiger partial charge < -0.3 is 20.1 Å². The second-order valence-corrected chi connectivity index (χ2v) is 5.22.